The minimum absolute atomic E-state index is 0.596. The van der Waals surface area contributed by atoms with Crippen LogP contribution in [0.2, 0.25) is 0 Å². The van der Waals surface area contributed by atoms with Crippen LogP contribution in [0.25, 0.3) is 10.9 Å². The molecule has 2 aromatic carbocycles. The summed E-state index contributed by atoms with van der Waals surface area (Å²) in [5.74, 6) is 0. The molecule has 0 amide bonds. The van der Waals surface area contributed by atoms with Crippen molar-refractivity contribution in [2.24, 2.45) is 0 Å². The molecular weight excluding hydrogens is 349 g/mol. The Morgan fingerprint density at radius 3 is 2.47 bits per heavy atom. The van der Waals surface area contributed by atoms with Crippen molar-refractivity contribution in [2.45, 2.75) is 6.10 Å². The predicted octanol–water partition coefficient (Wildman–Crippen LogP) is 3.92. The maximum Gasteiger partial charge on any atom is 0.104 e. The molecule has 0 spiro atoms. The summed E-state index contributed by atoms with van der Waals surface area (Å²) in [6.07, 6.45) is 1.18. The van der Waals surface area contributed by atoms with Gasteiger partial charge in [0.15, 0.2) is 0 Å². The Morgan fingerprint density at radius 2 is 1.68 bits per heavy atom. The molecule has 3 heteroatoms. The number of hydrogen-bond acceptors (Lipinski definition) is 2. The second kappa shape index (κ2) is 5.27. The first-order valence-electron chi connectivity index (χ1n) is 6.02. The fourth-order valence-corrected chi connectivity index (χ4v) is 2.46. The number of benzene rings is 2. The van der Waals surface area contributed by atoms with Gasteiger partial charge in [0.1, 0.15) is 6.10 Å². The Kier molecular flexibility index (Phi) is 3.48. The van der Waals surface area contributed by atoms with Crippen LogP contribution in [0.15, 0.2) is 60.8 Å². The zero-order valence-electron chi connectivity index (χ0n) is 10.1. The molecule has 1 unspecified atom stereocenters. The summed E-state index contributed by atoms with van der Waals surface area (Å²) in [4.78, 5) is 4.28. The van der Waals surface area contributed by atoms with Crippen LogP contribution in [0.4, 0.5) is 0 Å². The number of aromatic nitrogens is 1. The van der Waals surface area contributed by atoms with Gasteiger partial charge < -0.3 is 5.11 Å². The SMILES string of the molecule is OC(c1ccc(I)cc1)c1ccc2ncccc2c1. The van der Waals surface area contributed by atoms with Gasteiger partial charge in [0.05, 0.1) is 5.52 Å². The topological polar surface area (TPSA) is 33.1 Å². The van der Waals surface area contributed by atoms with Gasteiger partial charge >= 0.3 is 0 Å². The number of aliphatic hydroxyl groups is 1. The van der Waals surface area contributed by atoms with Crippen LogP contribution in [0.1, 0.15) is 17.2 Å². The molecule has 2 nitrogen and oxygen atoms in total. The first-order valence-corrected chi connectivity index (χ1v) is 7.10. The van der Waals surface area contributed by atoms with Crippen LogP contribution < -0.4 is 0 Å². The molecule has 3 rings (SSSR count). The van der Waals surface area contributed by atoms with Gasteiger partial charge in [-0.05, 0) is 64.0 Å². The highest BCUT2D eigenvalue weighted by Gasteiger charge is 2.10. The molecule has 1 N–H and O–H groups in total. The molecule has 0 aliphatic heterocycles. The lowest BCUT2D eigenvalue weighted by Crippen LogP contribution is -1.99. The molecule has 0 bridgehead atoms. The summed E-state index contributed by atoms with van der Waals surface area (Å²) >= 11 is 2.26. The van der Waals surface area contributed by atoms with Crippen molar-refractivity contribution in [3.8, 4) is 0 Å². The molecule has 1 atom stereocenters. The fourth-order valence-electron chi connectivity index (χ4n) is 2.10. The van der Waals surface area contributed by atoms with Gasteiger partial charge in [-0.15, -0.1) is 0 Å². The van der Waals surface area contributed by atoms with Crippen molar-refractivity contribution < 1.29 is 5.11 Å². The third-order valence-electron chi connectivity index (χ3n) is 3.13. The molecule has 0 fully saturated rings. The van der Waals surface area contributed by atoms with Crippen molar-refractivity contribution >= 4 is 33.5 Å². The normalized spacial score (nSPS) is 12.5. The molecule has 94 valence electrons. The number of rotatable bonds is 2. The van der Waals surface area contributed by atoms with E-state index in [0.717, 1.165) is 25.6 Å². The lowest BCUT2D eigenvalue weighted by molar-refractivity contribution is 0.220. The maximum absolute atomic E-state index is 10.4. The lowest BCUT2D eigenvalue weighted by atomic mass is 10.00. The Labute approximate surface area is 125 Å². The standard InChI is InChI=1S/C16H12INO/c17-14-6-3-11(4-7-14)16(19)13-5-8-15-12(10-13)2-1-9-18-15/h1-10,16,19H. The van der Waals surface area contributed by atoms with Gasteiger partial charge in [0.2, 0.25) is 0 Å². The lowest BCUT2D eigenvalue weighted by Gasteiger charge is -2.12. The van der Waals surface area contributed by atoms with Crippen LogP contribution in [0.5, 0.6) is 0 Å². The van der Waals surface area contributed by atoms with E-state index in [9.17, 15) is 5.11 Å². The average molecular weight is 361 g/mol. The van der Waals surface area contributed by atoms with Gasteiger partial charge in [-0.3, -0.25) is 4.98 Å². The highest BCUT2D eigenvalue weighted by molar-refractivity contribution is 14.1. The molecule has 19 heavy (non-hydrogen) atoms. The smallest absolute Gasteiger partial charge is 0.104 e. The van der Waals surface area contributed by atoms with Crippen LogP contribution in [0.3, 0.4) is 0 Å². The Hall–Kier alpha value is -1.46. The van der Waals surface area contributed by atoms with Crippen molar-refractivity contribution in [3.63, 3.8) is 0 Å². The van der Waals surface area contributed by atoms with Crippen LogP contribution >= 0.6 is 22.6 Å². The number of halogens is 1. The number of pyridine rings is 1. The van der Waals surface area contributed by atoms with E-state index in [1.165, 1.54) is 0 Å². The molecule has 0 saturated carbocycles. The minimum atomic E-state index is -0.596. The zero-order valence-corrected chi connectivity index (χ0v) is 12.3. The number of fused-ring (bicyclic) bond motifs is 1. The van der Waals surface area contributed by atoms with Crippen molar-refractivity contribution in [1.29, 1.82) is 0 Å². The van der Waals surface area contributed by atoms with E-state index in [1.807, 2.05) is 54.6 Å². The van der Waals surface area contributed by atoms with Gasteiger partial charge in [-0.2, -0.15) is 0 Å². The summed E-state index contributed by atoms with van der Waals surface area (Å²) in [5, 5.41) is 11.5. The highest BCUT2D eigenvalue weighted by Crippen LogP contribution is 2.25. The number of nitrogens with zero attached hydrogens (tertiary/aromatic N) is 1. The van der Waals surface area contributed by atoms with Crippen molar-refractivity contribution in [3.05, 3.63) is 75.5 Å². The van der Waals surface area contributed by atoms with Crippen molar-refractivity contribution in [2.75, 3.05) is 0 Å². The van der Waals surface area contributed by atoms with E-state index in [1.54, 1.807) is 6.20 Å². The quantitative estimate of drug-likeness (QED) is 0.702. The maximum atomic E-state index is 10.4. The second-order valence-electron chi connectivity index (χ2n) is 4.41. The van der Waals surface area contributed by atoms with E-state index in [0.29, 0.717) is 0 Å². The van der Waals surface area contributed by atoms with E-state index in [2.05, 4.69) is 27.6 Å². The second-order valence-corrected chi connectivity index (χ2v) is 5.66. The summed E-state index contributed by atoms with van der Waals surface area (Å²) in [6.45, 7) is 0. The first-order chi connectivity index (χ1) is 9.24. The fraction of sp³-hybridized carbons (Fsp3) is 0.0625. The molecule has 3 aromatic rings. The monoisotopic (exact) mass is 361 g/mol. The summed E-state index contributed by atoms with van der Waals surface area (Å²) < 4.78 is 1.16. The minimum Gasteiger partial charge on any atom is -0.384 e. The van der Waals surface area contributed by atoms with E-state index >= 15 is 0 Å². The average Bonchev–Trinajstić information content (AvgIpc) is 2.47. The largest absolute Gasteiger partial charge is 0.384 e. The number of aliphatic hydroxyl groups excluding tert-OH is 1. The third kappa shape index (κ3) is 2.62. The summed E-state index contributed by atoms with van der Waals surface area (Å²) in [7, 11) is 0. The van der Waals surface area contributed by atoms with Gasteiger partial charge in [-0.25, -0.2) is 0 Å². The first kappa shape index (κ1) is 12.6. The van der Waals surface area contributed by atoms with Gasteiger partial charge in [-0.1, -0.05) is 24.3 Å². The Morgan fingerprint density at radius 1 is 0.947 bits per heavy atom. The van der Waals surface area contributed by atoms with Gasteiger partial charge in [0, 0.05) is 15.2 Å². The molecule has 0 radical (unpaired) electrons. The van der Waals surface area contributed by atoms with E-state index < -0.39 is 6.10 Å². The van der Waals surface area contributed by atoms with Crippen LogP contribution in [0, 0.1) is 3.57 Å². The van der Waals surface area contributed by atoms with Crippen LogP contribution in [-0.4, -0.2) is 10.1 Å². The van der Waals surface area contributed by atoms with Crippen molar-refractivity contribution in [1.82, 2.24) is 4.98 Å². The molecule has 0 saturated heterocycles. The highest BCUT2D eigenvalue weighted by atomic mass is 127. The zero-order chi connectivity index (χ0) is 13.2. The molecule has 1 heterocycles. The van der Waals surface area contributed by atoms with E-state index in [-0.39, 0.29) is 0 Å². The third-order valence-corrected chi connectivity index (χ3v) is 3.85. The molecule has 0 aliphatic rings. The number of hydrogen-bond donors (Lipinski definition) is 1. The molecule has 1 aromatic heterocycles. The molecular formula is C16H12INO. The molecule has 0 aliphatic carbocycles. The Bertz CT molecular complexity index is 709. The Balaban J connectivity index is 2.01. The summed E-state index contributed by atoms with van der Waals surface area (Å²) in [5.41, 5.74) is 2.74. The van der Waals surface area contributed by atoms with E-state index in [4.69, 9.17) is 0 Å². The van der Waals surface area contributed by atoms with Gasteiger partial charge in [0.25, 0.3) is 0 Å². The summed E-state index contributed by atoms with van der Waals surface area (Å²) in [6, 6.07) is 17.7. The predicted molar refractivity (Wildman–Crippen MR) is 85.0 cm³/mol. The van der Waals surface area contributed by atoms with Crippen LogP contribution in [-0.2, 0) is 0 Å².